The first-order valence-corrected chi connectivity index (χ1v) is 6.19. The number of nitrogens with zero attached hydrogens (tertiary/aromatic N) is 1. The zero-order chi connectivity index (χ0) is 14.4. The van der Waals surface area contributed by atoms with Crippen LogP contribution in [0, 0.1) is 0 Å². The van der Waals surface area contributed by atoms with Gasteiger partial charge in [0.2, 0.25) is 0 Å². The third-order valence-electron chi connectivity index (χ3n) is 2.87. The van der Waals surface area contributed by atoms with E-state index in [1.165, 1.54) is 0 Å². The minimum absolute atomic E-state index is 0.255. The van der Waals surface area contributed by atoms with Gasteiger partial charge in [-0.25, -0.2) is 4.79 Å². The summed E-state index contributed by atoms with van der Waals surface area (Å²) in [5.74, 6) is -0.368. The second-order valence-electron chi connectivity index (χ2n) is 4.20. The molecule has 0 aromatic heterocycles. The Morgan fingerprint density at radius 3 is 2.60 bits per heavy atom. The van der Waals surface area contributed by atoms with E-state index >= 15 is 0 Å². The van der Waals surface area contributed by atoms with Crippen molar-refractivity contribution in [3.05, 3.63) is 71.8 Å². The van der Waals surface area contributed by atoms with Crippen molar-refractivity contribution in [1.82, 2.24) is 0 Å². The Morgan fingerprint density at radius 2 is 1.95 bits per heavy atom. The molecule has 0 aliphatic carbocycles. The van der Waals surface area contributed by atoms with Crippen LogP contribution in [-0.4, -0.2) is 12.7 Å². The molecular weight excluding hydrogens is 250 g/mol. The molecule has 0 bridgehead atoms. The fraction of sp³-hybridized carbons (Fsp3) is 0.0588. The first-order chi connectivity index (χ1) is 9.74. The Hall–Kier alpha value is -2.68. The fourth-order valence-corrected chi connectivity index (χ4v) is 1.80. The largest absolute Gasteiger partial charge is 0.457 e. The van der Waals surface area contributed by atoms with Gasteiger partial charge in [-0.05, 0) is 30.5 Å². The van der Waals surface area contributed by atoms with E-state index in [1.54, 1.807) is 24.3 Å². The fourth-order valence-electron chi connectivity index (χ4n) is 1.80. The molecule has 20 heavy (non-hydrogen) atoms. The van der Waals surface area contributed by atoms with E-state index in [4.69, 9.17) is 4.74 Å². The molecule has 0 atom stereocenters. The lowest BCUT2D eigenvalue weighted by Gasteiger charge is -2.07. The topological polar surface area (TPSA) is 38.7 Å². The molecule has 0 spiro atoms. The van der Waals surface area contributed by atoms with Gasteiger partial charge in [-0.1, -0.05) is 43.0 Å². The van der Waals surface area contributed by atoms with Gasteiger partial charge >= 0.3 is 5.97 Å². The van der Waals surface area contributed by atoms with Crippen LogP contribution >= 0.6 is 0 Å². The zero-order valence-electron chi connectivity index (χ0n) is 11.1. The van der Waals surface area contributed by atoms with E-state index in [1.807, 2.05) is 30.3 Å². The monoisotopic (exact) mass is 265 g/mol. The van der Waals surface area contributed by atoms with E-state index in [9.17, 15) is 4.79 Å². The number of hydrogen-bond acceptors (Lipinski definition) is 3. The Labute approximate surface area is 118 Å². The normalized spacial score (nSPS) is 9.80. The molecule has 2 aromatic carbocycles. The van der Waals surface area contributed by atoms with Crippen molar-refractivity contribution in [3.63, 3.8) is 0 Å². The van der Waals surface area contributed by atoms with E-state index < -0.39 is 0 Å². The number of hydrogen-bond donors (Lipinski definition) is 0. The zero-order valence-corrected chi connectivity index (χ0v) is 11.1. The van der Waals surface area contributed by atoms with Crippen LogP contribution in [0.4, 0.5) is 5.69 Å². The molecule has 2 rings (SSSR count). The van der Waals surface area contributed by atoms with Crippen LogP contribution < -0.4 is 0 Å². The van der Waals surface area contributed by atoms with Crippen molar-refractivity contribution in [2.45, 2.75) is 6.61 Å². The van der Waals surface area contributed by atoms with Gasteiger partial charge in [0.15, 0.2) is 0 Å². The second-order valence-corrected chi connectivity index (χ2v) is 4.20. The van der Waals surface area contributed by atoms with Crippen LogP contribution in [0.2, 0.25) is 0 Å². The van der Waals surface area contributed by atoms with Gasteiger partial charge in [-0.2, -0.15) is 0 Å². The van der Waals surface area contributed by atoms with Crippen molar-refractivity contribution < 1.29 is 9.53 Å². The van der Waals surface area contributed by atoms with Gasteiger partial charge in [-0.3, -0.25) is 4.99 Å². The number of rotatable bonds is 5. The third kappa shape index (κ3) is 3.20. The number of carbonyl (C=O) groups is 1. The highest BCUT2D eigenvalue weighted by Crippen LogP contribution is 2.21. The molecule has 0 radical (unpaired) electrons. The summed E-state index contributed by atoms with van der Waals surface area (Å²) in [6.45, 7) is 7.42. The number of aliphatic imine (C=N–C) groups is 1. The quantitative estimate of drug-likeness (QED) is 0.605. The van der Waals surface area contributed by atoms with E-state index in [0.29, 0.717) is 11.3 Å². The van der Waals surface area contributed by atoms with Crippen LogP contribution in [0.15, 0.2) is 60.1 Å². The number of carbonyl (C=O) groups excluding carboxylic acids is 1. The molecule has 2 aromatic rings. The van der Waals surface area contributed by atoms with Gasteiger partial charge < -0.3 is 4.74 Å². The van der Waals surface area contributed by atoms with Crippen LogP contribution in [0.5, 0.6) is 0 Å². The summed E-state index contributed by atoms with van der Waals surface area (Å²) >= 11 is 0. The highest BCUT2D eigenvalue weighted by atomic mass is 16.5. The molecule has 3 nitrogen and oxygen atoms in total. The predicted molar refractivity (Wildman–Crippen MR) is 81.3 cm³/mol. The lowest BCUT2D eigenvalue weighted by atomic mass is 10.1. The van der Waals surface area contributed by atoms with Gasteiger partial charge in [-0.15, -0.1) is 0 Å². The molecule has 0 saturated carbocycles. The van der Waals surface area contributed by atoms with Gasteiger partial charge in [0, 0.05) is 5.56 Å². The first-order valence-electron chi connectivity index (χ1n) is 6.19. The molecule has 0 fully saturated rings. The second kappa shape index (κ2) is 6.48. The summed E-state index contributed by atoms with van der Waals surface area (Å²) in [5.41, 5.74) is 2.88. The Balaban J connectivity index is 2.09. The molecule has 3 heteroatoms. The minimum Gasteiger partial charge on any atom is -0.457 e. The smallest absolute Gasteiger partial charge is 0.338 e. The molecule has 0 aliphatic heterocycles. The summed E-state index contributed by atoms with van der Waals surface area (Å²) in [6.07, 6.45) is 1.64. The predicted octanol–water partition coefficient (Wildman–Crippen LogP) is 4.02. The summed E-state index contributed by atoms with van der Waals surface area (Å²) in [5, 5.41) is 0. The van der Waals surface area contributed by atoms with Crippen LogP contribution in [0.1, 0.15) is 21.5 Å². The summed E-state index contributed by atoms with van der Waals surface area (Å²) in [7, 11) is 0. The van der Waals surface area contributed by atoms with Crippen LogP contribution in [-0.2, 0) is 11.3 Å². The number of ether oxygens (including phenoxy) is 1. The molecule has 0 N–H and O–H groups in total. The summed E-state index contributed by atoms with van der Waals surface area (Å²) in [6, 6.07) is 14.6. The van der Waals surface area contributed by atoms with Crippen molar-refractivity contribution in [3.8, 4) is 0 Å². The minimum atomic E-state index is -0.368. The van der Waals surface area contributed by atoms with Crippen LogP contribution in [0.3, 0.4) is 0 Å². The number of benzene rings is 2. The maximum absolute atomic E-state index is 12.0. The highest BCUT2D eigenvalue weighted by molar-refractivity contribution is 5.91. The SMILES string of the molecule is C=Cc1cc(C(=O)OCc2ccccc2)ccc1N=C. The average molecular weight is 265 g/mol. The molecule has 0 amide bonds. The van der Waals surface area contributed by atoms with E-state index in [2.05, 4.69) is 18.3 Å². The standard InChI is InChI=1S/C17H15NO2/c1-3-14-11-15(9-10-16(14)18-2)17(19)20-12-13-7-5-4-6-8-13/h3-11H,1-2,12H2. The first kappa shape index (κ1) is 13.7. The maximum Gasteiger partial charge on any atom is 0.338 e. The maximum atomic E-state index is 12.0. The van der Waals surface area contributed by atoms with Gasteiger partial charge in [0.25, 0.3) is 0 Å². The van der Waals surface area contributed by atoms with Crippen molar-refractivity contribution >= 4 is 24.5 Å². The van der Waals surface area contributed by atoms with Gasteiger partial charge in [0.1, 0.15) is 6.61 Å². The molecule has 0 heterocycles. The Bertz CT molecular complexity index is 633. The van der Waals surface area contributed by atoms with Crippen molar-refractivity contribution in [2.75, 3.05) is 0 Å². The molecule has 0 aliphatic rings. The third-order valence-corrected chi connectivity index (χ3v) is 2.87. The lowest BCUT2D eigenvalue weighted by Crippen LogP contribution is -2.05. The molecule has 0 saturated heterocycles. The Kier molecular flexibility index (Phi) is 4.45. The Morgan fingerprint density at radius 1 is 1.20 bits per heavy atom. The lowest BCUT2D eigenvalue weighted by molar-refractivity contribution is 0.0472. The van der Waals surface area contributed by atoms with Crippen LogP contribution in [0.25, 0.3) is 6.08 Å². The van der Waals surface area contributed by atoms with E-state index in [-0.39, 0.29) is 12.6 Å². The molecular formula is C17H15NO2. The van der Waals surface area contributed by atoms with Crippen molar-refractivity contribution in [2.24, 2.45) is 4.99 Å². The summed E-state index contributed by atoms with van der Waals surface area (Å²) < 4.78 is 5.27. The molecule has 0 unspecified atom stereocenters. The van der Waals surface area contributed by atoms with Crippen molar-refractivity contribution in [1.29, 1.82) is 0 Å². The highest BCUT2D eigenvalue weighted by Gasteiger charge is 2.09. The summed E-state index contributed by atoms with van der Waals surface area (Å²) in [4.78, 5) is 15.8. The molecule has 100 valence electrons. The number of esters is 1. The average Bonchev–Trinajstić information content (AvgIpc) is 2.52. The van der Waals surface area contributed by atoms with Gasteiger partial charge in [0.05, 0.1) is 11.3 Å². The van der Waals surface area contributed by atoms with E-state index in [0.717, 1.165) is 11.1 Å².